The monoisotopic (exact) mass is 248 g/mol. The molecule has 1 aromatic heterocycles. The van der Waals surface area contributed by atoms with E-state index in [2.05, 4.69) is 10.1 Å². The van der Waals surface area contributed by atoms with Gasteiger partial charge in [0, 0.05) is 0 Å². The Morgan fingerprint density at radius 3 is 2.83 bits per heavy atom. The highest BCUT2D eigenvalue weighted by atomic mass is 16.5. The van der Waals surface area contributed by atoms with Gasteiger partial charge >= 0.3 is 0 Å². The molecule has 5 nitrogen and oxygen atoms in total. The van der Waals surface area contributed by atoms with Crippen molar-refractivity contribution in [1.82, 2.24) is 10.1 Å². The summed E-state index contributed by atoms with van der Waals surface area (Å²) in [6.45, 7) is 2.16. The number of ether oxygens (including phenoxy) is 1. The van der Waals surface area contributed by atoms with Crippen LogP contribution in [0.15, 0.2) is 34.9 Å². The molecular formula is C13H16N2O3. The summed E-state index contributed by atoms with van der Waals surface area (Å²) in [5, 5.41) is 13.3. The fourth-order valence-electron chi connectivity index (χ4n) is 1.44. The summed E-state index contributed by atoms with van der Waals surface area (Å²) in [6, 6.07) is 9.44. The number of nitrogens with zero attached hydrogens (tertiary/aromatic N) is 2. The summed E-state index contributed by atoms with van der Waals surface area (Å²) in [5.41, 5.74) is 0. The molecule has 5 heteroatoms. The van der Waals surface area contributed by atoms with E-state index in [0.29, 0.717) is 24.6 Å². The Bertz CT molecular complexity index is 470. The molecule has 0 saturated heterocycles. The van der Waals surface area contributed by atoms with Crippen LogP contribution in [-0.4, -0.2) is 21.4 Å². The number of rotatable bonds is 6. The molecule has 0 fully saturated rings. The molecule has 2 aromatic rings. The van der Waals surface area contributed by atoms with Crippen molar-refractivity contribution in [3.8, 4) is 5.75 Å². The van der Waals surface area contributed by atoms with E-state index in [4.69, 9.17) is 9.26 Å². The van der Waals surface area contributed by atoms with Crippen molar-refractivity contribution < 1.29 is 14.4 Å². The lowest BCUT2D eigenvalue weighted by atomic mass is 10.2. The molecule has 1 atom stereocenters. The summed E-state index contributed by atoms with van der Waals surface area (Å²) in [7, 11) is 0. The highest BCUT2D eigenvalue weighted by Crippen LogP contribution is 2.11. The molecule has 0 saturated carbocycles. The van der Waals surface area contributed by atoms with Gasteiger partial charge in [-0.15, -0.1) is 0 Å². The molecule has 0 spiro atoms. The van der Waals surface area contributed by atoms with Crippen LogP contribution in [0.3, 0.4) is 0 Å². The van der Waals surface area contributed by atoms with Crippen LogP contribution in [0.4, 0.5) is 0 Å². The standard InChI is InChI=1S/C13H16N2O3/c1-2-10(16)8-13-14-12(15-18-13)9-17-11-6-4-3-5-7-11/h3-7,10,16H,2,8-9H2,1H3. The van der Waals surface area contributed by atoms with Crippen LogP contribution in [0, 0.1) is 0 Å². The molecule has 0 amide bonds. The Labute approximate surface area is 105 Å². The first-order valence-corrected chi connectivity index (χ1v) is 5.95. The van der Waals surface area contributed by atoms with E-state index in [1.54, 1.807) is 0 Å². The fraction of sp³-hybridized carbons (Fsp3) is 0.385. The number of hydrogen-bond acceptors (Lipinski definition) is 5. The maximum Gasteiger partial charge on any atom is 0.229 e. The largest absolute Gasteiger partial charge is 0.485 e. The molecule has 1 aromatic carbocycles. The molecule has 0 aliphatic heterocycles. The highest BCUT2D eigenvalue weighted by Gasteiger charge is 2.11. The first-order chi connectivity index (χ1) is 8.78. The summed E-state index contributed by atoms with van der Waals surface area (Å²) in [4.78, 5) is 4.15. The first kappa shape index (κ1) is 12.6. The third-order valence-electron chi connectivity index (χ3n) is 2.50. The lowest BCUT2D eigenvalue weighted by Gasteiger charge is -2.02. The Morgan fingerprint density at radius 1 is 1.33 bits per heavy atom. The van der Waals surface area contributed by atoms with E-state index in [-0.39, 0.29) is 6.61 Å². The van der Waals surface area contributed by atoms with Crippen LogP contribution < -0.4 is 4.74 Å². The van der Waals surface area contributed by atoms with E-state index in [1.165, 1.54) is 0 Å². The minimum Gasteiger partial charge on any atom is -0.485 e. The zero-order valence-corrected chi connectivity index (χ0v) is 10.2. The third-order valence-corrected chi connectivity index (χ3v) is 2.50. The van der Waals surface area contributed by atoms with Crippen LogP contribution in [0.5, 0.6) is 5.75 Å². The van der Waals surface area contributed by atoms with Crippen molar-refractivity contribution in [3.05, 3.63) is 42.0 Å². The lowest BCUT2D eigenvalue weighted by Crippen LogP contribution is -2.08. The van der Waals surface area contributed by atoms with E-state index in [1.807, 2.05) is 37.3 Å². The van der Waals surface area contributed by atoms with Crippen LogP contribution in [-0.2, 0) is 13.0 Å². The first-order valence-electron chi connectivity index (χ1n) is 5.95. The number of aromatic nitrogens is 2. The van der Waals surface area contributed by atoms with Gasteiger partial charge in [-0.1, -0.05) is 30.3 Å². The Hall–Kier alpha value is -1.88. The number of para-hydroxylation sites is 1. The lowest BCUT2D eigenvalue weighted by molar-refractivity contribution is 0.158. The van der Waals surface area contributed by atoms with Gasteiger partial charge in [0.15, 0.2) is 6.61 Å². The second-order valence-electron chi connectivity index (χ2n) is 3.97. The average molecular weight is 248 g/mol. The molecule has 1 unspecified atom stereocenters. The molecule has 0 aliphatic rings. The van der Waals surface area contributed by atoms with Crippen LogP contribution >= 0.6 is 0 Å². The summed E-state index contributed by atoms with van der Waals surface area (Å²) >= 11 is 0. The van der Waals surface area contributed by atoms with Crippen molar-refractivity contribution in [2.75, 3.05) is 0 Å². The number of aliphatic hydroxyl groups is 1. The van der Waals surface area contributed by atoms with Crippen LogP contribution in [0.25, 0.3) is 0 Å². The zero-order chi connectivity index (χ0) is 12.8. The van der Waals surface area contributed by atoms with Gasteiger partial charge < -0.3 is 14.4 Å². The quantitative estimate of drug-likeness (QED) is 0.846. The predicted molar refractivity (Wildman–Crippen MR) is 65.1 cm³/mol. The topological polar surface area (TPSA) is 68.4 Å². The predicted octanol–water partition coefficient (Wildman–Crippen LogP) is 1.96. The Morgan fingerprint density at radius 2 is 2.11 bits per heavy atom. The van der Waals surface area contributed by atoms with Crippen molar-refractivity contribution in [2.24, 2.45) is 0 Å². The van der Waals surface area contributed by atoms with E-state index in [0.717, 1.165) is 5.75 Å². The molecule has 1 N–H and O–H groups in total. The Balaban J connectivity index is 1.87. The third kappa shape index (κ3) is 3.56. The van der Waals surface area contributed by atoms with Gasteiger partial charge in [0.25, 0.3) is 0 Å². The molecule has 96 valence electrons. The zero-order valence-electron chi connectivity index (χ0n) is 10.2. The highest BCUT2D eigenvalue weighted by molar-refractivity contribution is 5.20. The maximum atomic E-state index is 9.47. The van der Waals surface area contributed by atoms with Crippen molar-refractivity contribution in [3.63, 3.8) is 0 Å². The minimum absolute atomic E-state index is 0.260. The van der Waals surface area contributed by atoms with E-state index < -0.39 is 6.10 Å². The summed E-state index contributed by atoms with van der Waals surface area (Å²) in [6.07, 6.45) is 0.612. The van der Waals surface area contributed by atoms with Gasteiger partial charge in [-0.3, -0.25) is 0 Å². The second-order valence-corrected chi connectivity index (χ2v) is 3.97. The average Bonchev–Trinajstić information content (AvgIpc) is 2.85. The van der Waals surface area contributed by atoms with Crippen molar-refractivity contribution in [1.29, 1.82) is 0 Å². The van der Waals surface area contributed by atoms with Crippen molar-refractivity contribution >= 4 is 0 Å². The van der Waals surface area contributed by atoms with Gasteiger partial charge in [0.1, 0.15) is 5.75 Å². The van der Waals surface area contributed by atoms with Gasteiger partial charge in [-0.05, 0) is 18.6 Å². The number of aliphatic hydroxyl groups excluding tert-OH is 1. The fourth-order valence-corrected chi connectivity index (χ4v) is 1.44. The molecule has 0 bridgehead atoms. The SMILES string of the molecule is CCC(O)Cc1nc(COc2ccccc2)no1. The minimum atomic E-state index is -0.437. The normalized spacial score (nSPS) is 12.3. The molecule has 0 aliphatic carbocycles. The maximum absolute atomic E-state index is 9.47. The smallest absolute Gasteiger partial charge is 0.229 e. The van der Waals surface area contributed by atoms with E-state index in [9.17, 15) is 5.11 Å². The Kier molecular flexibility index (Phi) is 4.30. The molecule has 18 heavy (non-hydrogen) atoms. The second kappa shape index (κ2) is 6.16. The van der Waals surface area contributed by atoms with Crippen LogP contribution in [0.1, 0.15) is 25.1 Å². The van der Waals surface area contributed by atoms with Gasteiger partial charge in [0.05, 0.1) is 12.5 Å². The molecular weight excluding hydrogens is 232 g/mol. The number of hydrogen-bond donors (Lipinski definition) is 1. The van der Waals surface area contributed by atoms with Crippen molar-refractivity contribution in [2.45, 2.75) is 32.5 Å². The van der Waals surface area contributed by atoms with Gasteiger partial charge in [-0.25, -0.2) is 0 Å². The summed E-state index contributed by atoms with van der Waals surface area (Å²) < 4.78 is 10.5. The summed E-state index contributed by atoms with van der Waals surface area (Å²) in [5.74, 6) is 1.69. The molecule has 1 heterocycles. The van der Waals surface area contributed by atoms with Gasteiger partial charge in [-0.2, -0.15) is 4.98 Å². The van der Waals surface area contributed by atoms with Crippen LogP contribution in [0.2, 0.25) is 0 Å². The molecule has 2 rings (SSSR count). The number of benzene rings is 1. The molecule has 0 radical (unpaired) electrons. The van der Waals surface area contributed by atoms with E-state index >= 15 is 0 Å². The van der Waals surface area contributed by atoms with Gasteiger partial charge in [0.2, 0.25) is 11.7 Å².